The number of amides is 1. The smallest absolute Gasteiger partial charge is 0.272 e. The topological polar surface area (TPSA) is 137 Å². The van der Waals surface area contributed by atoms with Gasteiger partial charge in [0.05, 0.1) is 12.8 Å². The monoisotopic (exact) mass is 481 g/mol. The highest BCUT2D eigenvalue weighted by Crippen LogP contribution is 2.32. The molecular weight excluding hydrogens is 457 g/mol. The maximum atomic E-state index is 13.6. The molecule has 0 spiro atoms. The van der Waals surface area contributed by atoms with Crippen LogP contribution in [0.4, 0.5) is 4.39 Å². The molecule has 1 aliphatic heterocycles. The fourth-order valence-corrected chi connectivity index (χ4v) is 4.41. The van der Waals surface area contributed by atoms with E-state index in [9.17, 15) is 24.5 Å². The van der Waals surface area contributed by atoms with Crippen molar-refractivity contribution in [3.8, 4) is 11.3 Å². The van der Waals surface area contributed by atoms with E-state index < -0.39 is 48.9 Å². The van der Waals surface area contributed by atoms with Crippen LogP contribution in [0.5, 0.6) is 0 Å². The first-order valence-electron chi connectivity index (χ1n) is 11.0. The molecule has 2 aromatic carbocycles. The highest BCUT2D eigenvalue weighted by Gasteiger charge is 2.48. The third-order valence-electron chi connectivity index (χ3n) is 6.27. The molecule has 11 heteroatoms. The molecule has 1 amide bonds. The lowest BCUT2D eigenvalue weighted by atomic mass is 9.95. The van der Waals surface area contributed by atoms with E-state index in [4.69, 9.17) is 4.74 Å². The number of aliphatic hydroxyl groups is 3. The molecule has 0 radical (unpaired) electrons. The average molecular weight is 481 g/mol. The normalized spacial score (nSPS) is 24.5. The minimum atomic E-state index is -1.42. The maximum absolute atomic E-state index is 13.6. The quantitative estimate of drug-likeness (QED) is 0.337. The average Bonchev–Trinajstić information content (AvgIpc) is 3.51. The number of benzene rings is 2. The second-order valence-corrected chi connectivity index (χ2v) is 8.50. The molecule has 182 valence electrons. The molecule has 1 aliphatic rings. The van der Waals surface area contributed by atoms with Gasteiger partial charge < -0.3 is 29.9 Å². The second kappa shape index (κ2) is 9.19. The molecule has 10 nitrogen and oxygen atoms in total. The van der Waals surface area contributed by atoms with E-state index in [2.05, 4.69) is 15.3 Å². The first-order chi connectivity index (χ1) is 16.9. The van der Waals surface area contributed by atoms with Crippen molar-refractivity contribution in [1.82, 2.24) is 24.9 Å². The number of aliphatic hydroxyl groups excluding tert-OH is 3. The van der Waals surface area contributed by atoms with Crippen LogP contribution in [0.1, 0.15) is 16.5 Å². The number of nitrogens with zero attached hydrogens (tertiary/aromatic N) is 4. The lowest BCUT2D eigenvalue weighted by Gasteiger charge is -2.44. The van der Waals surface area contributed by atoms with Gasteiger partial charge in [-0.2, -0.15) is 0 Å². The minimum Gasteiger partial charge on any atom is -0.394 e. The van der Waals surface area contributed by atoms with E-state index in [1.807, 2.05) is 24.3 Å². The zero-order chi connectivity index (χ0) is 24.7. The Balaban J connectivity index is 1.44. The number of aromatic amines is 1. The Morgan fingerprint density at radius 2 is 1.97 bits per heavy atom. The summed E-state index contributed by atoms with van der Waals surface area (Å²) < 4.78 is 20.6. The summed E-state index contributed by atoms with van der Waals surface area (Å²) in [5, 5.41) is 40.7. The number of fused-ring (bicyclic) bond motifs is 1. The summed E-state index contributed by atoms with van der Waals surface area (Å²) >= 11 is 0. The number of likely N-dealkylation sites (N-methyl/N-ethyl adjacent to an activating group) is 1. The van der Waals surface area contributed by atoms with Gasteiger partial charge in [-0.05, 0) is 24.3 Å². The number of aromatic nitrogens is 4. The van der Waals surface area contributed by atoms with Crippen LogP contribution in [0.25, 0.3) is 22.2 Å². The zero-order valence-corrected chi connectivity index (χ0v) is 18.7. The number of hydrogen-bond donors (Lipinski definition) is 4. The number of H-pyrrole nitrogens is 1. The van der Waals surface area contributed by atoms with Crippen LogP contribution in [0.15, 0.2) is 60.8 Å². The first kappa shape index (κ1) is 23.1. The number of carbonyl (C=O) groups excluding carboxylic acids is 1. The minimum absolute atomic E-state index is 0.293. The van der Waals surface area contributed by atoms with E-state index >= 15 is 0 Å². The Hall–Kier alpha value is -3.64. The molecule has 4 N–H and O–H groups in total. The Morgan fingerprint density at radius 3 is 2.71 bits per heavy atom. The summed E-state index contributed by atoms with van der Waals surface area (Å²) in [7, 11) is 1.46. The number of halogens is 1. The van der Waals surface area contributed by atoms with Gasteiger partial charge in [-0.3, -0.25) is 4.79 Å². The molecule has 0 aliphatic carbocycles. The summed E-state index contributed by atoms with van der Waals surface area (Å²) in [6.45, 7) is -0.555. The Kier molecular flexibility index (Phi) is 6.07. The lowest BCUT2D eigenvalue weighted by Crippen LogP contribution is -2.61. The van der Waals surface area contributed by atoms with Crippen molar-refractivity contribution in [3.63, 3.8) is 0 Å². The summed E-state index contributed by atoms with van der Waals surface area (Å²) in [6, 6.07) is 13.8. The SMILES string of the molecule is CN(C(=O)c1cc2ccccc2[nH]1)[C@@H]1O[C@H](CO)[C@H](O)[C@H](n2cc(-c3cccc(F)c3)nn2)[C@H]1O. The third-order valence-corrected chi connectivity index (χ3v) is 6.27. The van der Waals surface area contributed by atoms with E-state index in [1.165, 1.54) is 41.0 Å². The van der Waals surface area contributed by atoms with Crippen molar-refractivity contribution in [1.29, 1.82) is 0 Å². The highest BCUT2D eigenvalue weighted by atomic mass is 19.1. The van der Waals surface area contributed by atoms with Crippen LogP contribution in [0, 0.1) is 5.82 Å². The molecule has 0 bridgehead atoms. The molecule has 1 saturated heterocycles. The van der Waals surface area contributed by atoms with Gasteiger partial charge in [0.25, 0.3) is 5.91 Å². The van der Waals surface area contributed by atoms with Crippen molar-refractivity contribution >= 4 is 16.8 Å². The third kappa shape index (κ3) is 4.19. The van der Waals surface area contributed by atoms with Crippen molar-refractivity contribution < 1.29 is 29.2 Å². The molecule has 1 fully saturated rings. The van der Waals surface area contributed by atoms with Gasteiger partial charge >= 0.3 is 0 Å². The number of nitrogens with one attached hydrogen (secondary N) is 1. The van der Waals surface area contributed by atoms with Gasteiger partial charge in [0.1, 0.15) is 41.6 Å². The summed E-state index contributed by atoms with van der Waals surface area (Å²) in [4.78, 5) is 17.5. The molecule has 0 unspecified atom stereocenters. The van der Waals surface area contributed by atoms with E-state index in [0.29, 0.717) is 17.0 Å². The van der Waals surface area contributed by atoms with Gasteiger partial charge in [-0.25, -0.2) is 9.07 Å². The predicted octanol–water partition coefficient (Wildman–Crippen LogP) is 1.32. The number of para-hydroxylation sites is 1. The summed E-state index contributed by atoms with van der Waals surface area (Å²) in [6.07, 6.45) is -3.63. The van der Waals surface area contributed by atoms with Crippen molar-refractivity contribution in [2.45, 2.75) is 30.6 Å². The van der Waals surface area contributed by atoms with Crippen LogP contribution < -0.4 is 0 Å². The fourth-order valence-electron chi connectivity index (χ4n) is 4.41. The van der Waals surface area contributed by atoms with Gasteiger partial charge in [0.2, 0.25) is 0 Å². The highest BCUT2D eigenvalue weighted by molar-refractivity contribution is 5.98. The standard InChI is InChI=1S/C24H24FN5O5/c1-29(23(34)17-10-14-5-2-3-8-16(14)26-17)24-22(33)20(21(32)19(12-31)35-24)30-11-18(27-28-30)13-6-4-7-15(25)9-13/h2-11,19-22,24,26,31-33H,12H2,1H3/t19-,20+,21+,22-,24-/m1/s1. The Morgan fingerprint density at radius 1 is 1.17 bits per heavy atom. The van der Waals surface area contributed by atoms with Crippen molar-refractivity contribution in [2.24, 2.45) is 0 Å². The Labute approximate surface area is 199 Å². The number of hydrogen-bond acceptors (Lipinski definition) is 7. The van der Waals surface area contributed by atoms with Crippen molar-refractivity contribution in [2.75, 3.05) is 13.7 Å². The van der Waals surface area contributed by atoms with Gasteiger partial charge in [0, 0.05) is 23.5 Å². The largest absolute Gasteiger partial charge is 0.394 e. The number of rotatable bonds is 5. The fraction of sp³-hybridized carbons (Fsp3) is 0.292. The molecule has 4 aromatic rings. The van der Waals surface area contributed by atoms with Gasteiger partial charge in [-0.15, -0.1) is 5.10 Å². The maximum Gasteiger partial charge on any atom is 0.272 e. The molecular formula is C24H24FN5O5. The number of carbonyl (C=O) groups is 1. The summed E-state index contributed by atoms with van der Waals surface area (Å²) in [5.41, 5.74) is 1.87. The van der Waals surface area contributed by atoms with E-state index in [0.717, 1.165) is 10.9 Å². The van der Waals surface area contributed by atoms with Gasteiger partial charge in [-0.1, -0.05) is 35.5 Å². The second-order valence-electron chi connectivity index (χ2n) is 8.50. The van der Waals surface area contributed by atoms with Crippen LogP contribution >= 0.6 is 0 Å². The van der Waals surface area contributed by atoms with Crippen LogP contribution in [0.2, 0.25) is 0 Å². The van der Waals surface area contributed by atoms with Gasteiger partial charge in [0.15, 0.2) is 6.23 Å². The Bertz CT molecular complexity index is 1320. The van der Waals surface area contributed by atoms with E-state index in [1.54, 1.807) is 12.1 Å². The molecule has 35 heavy (non-hydrogen) atoms. The van der Waals surface area contributed by atoms with Crippen molar-refractivity contribution in [3.05, 3.63) is 72.3 Å². The molecule has 5 atom stereocenters. The first-order valence-corrected chi connectivity index (χ1v) is 11.0. The van der Waals surface area contributed by atoms with Crippen LogP contribution in [0.3, 0.4) is 0 Å². The molecule has 0 saturated carbocycles. The molecule has 3 heterocycles. The number of ether oxygens (including phenoxy) is 1. The van der Waals surface area contributed by atoms with E-state index in [-0.39, 0.29) is 0 Å². The lowest BCUT2D eigenvalue weighted by molar-refractivity contribution is -0.235. The molecule has 5 rings (SSSR count). The molecule has 2 aromatic heterocycles. The summed E-state index contributed by atoms with van der Waals surface area (Å²) in [5.74, 6) is -0.892. The van der Waals surface area contributed by atoms with Crippen LogP contribution in [-0.2, 0) is 4.74 Å². The predicted molar refractivity (Wildman–Crippen MR) is 123 cm³/mol. The van der Waals surface area contributed by atoms with Crippen LogP contribution in [-0.4, -0.2) is 84.3 Å². The zero-order valence-electron chi connectivity index (χ0n) is 18.7.